The second kappa shape index (κ2) is 3.97. The Balaban J connectivity index is 2.38. The van der Waals surface area contributed by atoms with Crippen molar-refractivity contribution in [2.24, 2.45) is 0 Å². The highest BCUT2D eigenvalue weighted by molar-refractivity contribution is 7.98. The molecule has 0 aliphatic carbocycles. The molecule has 1 aliphatic heterocycles. The number of carbonyl (C=O) groups is 1. The predicted octanol–water partition coefficient (Wildman–Crippen LogP) is 0.108. The van der Waals surface area contributed by atoms with Gasteiger partial charge in [-0.1, -0.05) is 0 Å². The zero-order valence-corrected chi connectivity index (χ0v) is 7.39. The summed E-state index contributed by atoms with van der Waals surface area (Å²) in [5.41, 5.74) is 0. The van der Waals surface area contributed by atoms with Gasteiger partial charge in [-0.25, -0.2) is 4.79 Å². The third-order valence-corrected chi connectivity index (χ3v) is 4.41. The summed E-state index contributed by atoms with van der Waals surface area (Å²) in [4.78, 5) is 10.6. The molecule has 1 atom stereocenters. The highest BCUT2D eigenvalue weighted by Crippen LogP contribution is 2.10. The molecule has 1 fully saturated rings. The summed E-state index contributed by atoms with van der Waals surface area (Å²) in [5, 5.41) is 8.52. The van der Waals surface area contributed by atoms with Gasteiger partial charge in [-0.15, -0.1) is 0 Å². The maximum Gasteiger partial charge on any atom is 0.356 e. The molecule has 11 heavy (non-hydrogen) atoms. The van der Waals surface area contributed by atoms with Gasteiger partial charge in [-0.2, -0.15) is 0 Å². The molecule has 0 amide bonds. The summed E-state index contributed by atoms with van der Waals surface area (Å²) in [6, 6.07) is 0. The van der Waals surface area contributed by atoms with E-state index in [1.807, 2.05) is 0 Å². The van der Waals surface area contributed by atoms with Gasteiger partial charge in [-0.3, -0.25) is 0 Å². The Morgan fingerprint density at radius 2 is 2.09 bits per heavy atom. The minimum atomic E-state index is -0.671. The Kier molecular flexibility index (Phi) is 3.20. The summed E-state index contributed by atoms with van der Waals surface area (Å²) in [5.74, 6) is 1.18. The Labute approximate surface area is 69.1 Å². The molecule has 3 nitrogen and oxygen atoms in total. The highest BCUT2D eigenvalue weighted by Gasteiger charge is 2.33. The number of hydrogen-bond acceptors (Lipinski definition) is 2. The van der Waals surface area contributed by atoms with Crippen LogP contribution in [0.15, 0.2) is 0 Å². The fourth-order valence-corrected chi connectivity index (χ4v) is 2.89. The number of rotatable bonds is 2. The number of carboxylic acids is 1. The van der Waals surface area contributed by atoms with Crippen molar-refractivity contribution in [3.05, 3.63) is 0 Å². The van der Waals surface area contributed by atoms with E-state index in [4.69, 9.17) is 9.84 Å². The van der Waals surface area contributed by atoms with E-state index in [0.29, 0.717) is 0 Å². The molecular weight excluding hydrogens is 164 g/mol. The zero-order valence-electron chi connectivity index (χ0n) is 6.58. The van der Waals surface area contributed by atoms with Gasteiger partial charge in [0.05, 0.1) is 13.2 Å². The second-order valence-electron chi connectivity index (χ2n) is 2.54. The van der Waals surface area contributed by atoms with Gasteiger partial charge in [0, 0.05) is 10.9 Å². The van der Waals surface area contributed by atoms with Crippen LogP contribution in [0.4, 0.5) is 0 Å². The molecule has 1 aliphatic rings. The van der Waals surface area contributed by atoms with Crippen LogP contribution in [-0.4, -0.2) is 41.0 Å². The first-order valence-corrected chi connectivity index (χ1v) is 5.31. The number of carboxylic acid groups (broad SMARTS) is 1. The van der Waals surface area contributed by atoms with E-state index in [2.05, 4.69) is 0 Å². The number of aliphatic carboxylic acids is 1. The van der Waals surface area contributed by atoms with Crippen molar-refractivity contribution >= 4 is 16.9 Å². The Morgan fingerprint density at radius 3 is 2.55 bits per heavy atom. The van der Waals surface area contributed by atoms with Gasteiger partial charge in [-0.05, 0) is 6.92 Å². The van der Waals surface area contributed by atoms with Crippen LogP contribution in [0.3, 0.4) is 0 Å². The van der Waals surface area contributed by atoms with Crippen LogP contribution in [0.1, 0.15) is 6.92 Å². The first-order chi connectivity index (χ1) is 5.22. The van der Waals surface area contributed by atoms with Crippen molar-refractivity contribution in [2.75, 3.05) is 24.7 Å². The molecule has 1 unspecified atom stereocenters. The van der Waals surface area contributed by atoms with Gasteiger partial charge in [0.15, 0.2) is 0 Å². The van der Waals surface area contributed by atoms with Crippen molar-refractivity contribution < 1.29 is 14.6 Å². The van der Waals surface area contributed by atoms with E-state index >= 15 is 0 Å². The molecule has 1 N–H and O–H groups in total. The molecule has 0 saturated carbocycles. The monoisotopic (exact) mass is 177 g/mol. The molecule has 0 radical (unpaired) electrons. The minimum Gasteiger partial charge on any atom is -0.478 e. The Hall–Kier alpha value is -0.220. The molecule has 0 aromatic rings. The summed E-state index contributed by atoms with van der Waals surface area (Å²) in [6.07, 6.45) is 0. The normalized spacial score (nSPS) is 23.0. The molecule has 1 heterocycles. The van der Waals surface area contributed by atoms with E-state index in [-0.39, 0.29) is 16.1 Å². The van der Waals surface area contributed by atoms with Crippen LogP contribution in [0.5, 0.6) is 0 Å². The molecule has 64 valence electrons. The summed E-state index contributed by atoms with van der Waals surface area (Å²) >= 11 is 0. The smallest absolute Gasteiger partial charge is 0.356 e. The number of hydrogen-bond donors (Lipinski definition) is 1. The van der Waals surface area contributed by atoms with E-state index in [9.17, 15) is 4.79 Å². The van der Waals surface area contributed by atoms with Gasteiger partial charge >= 0.3 is 5.97 Å². The van der Waals surface area contributed by atoms with Gasteiger partial charge in [0.1, 0.15) is 11.5 Å². The van der Waals surface area contributed by atoms with Crippen LogP contribution in [0, 0.1) is 0 Å². The van der Waals surface area contributed by atoms with Crippen LogP contribution < -0.4 is 0 Å². The molecule has 1 saturated heterocycles. The topological polar surface area (TPSA) is 46.5 Å². The minimum absolute atomic E-state index is 0.0559. The fraction of sp³-hybridized carbons (Fsp3) is 0.857. The zero-order chi connectivity index (χ0) is 8.27. The molecule has 0 bridgehead atoms. The van der Waals surface area contributed by atoms with Crippen LogP contribution in [-0.2, 0) is 20.4 Å². The van der Waals surface area contributed by atoms with Crippen molar-refractivity contribution in [3.63, 3.8) is 0 Å². The van der Waals surface area contributed by atoms with E-state index in [1.54, 1.807) is 6.92 Å². The fourth-order valence-electron chi connectivity index (χ4n) is 1.03. The molecule has 0 aromatic heterocycles. The third-order valence-electron chi connectivity index (χ3n) is 1.83. The van der Waals surface area contributed by atoms with Crippen molar-refractivity contribution in [1.29, 1.82) is 0 Å². The van der Waals surface area contributed by atoms with Crippen molar-refractivity contribution in [2.45, 2.75) is 12.2 Å². The average Bonchev–Trinajstić information content (AvgIpc) is 2.05. The lowest BCUT2D eigenvalue weighted by Crippen LogP contribution is -2.37. The summed E-state index contributed by atoms with van der Waals surface area (Å²) < 4.78 is 5.14. The van der Waals surface area contributed by atoms with Gasteiger partial charge < -0.3 is 9.84 Å². The first kappa shape index (κ1) is 8.87. The van der Waals surface area contributed by atoms with Crippen LogP contribution in [0.25, 0.3) is 0 Å². The summed E-state index contributed by atoms with van der Waals surface area (Å²) in [6.45, 7) is 3.26. The maximum absolute atomic E-state index is 10.6. The highest BCUT2D eigenvalue weighted by atomic mass is 32.2. The third kappa shape index (κ3) is 2.38. The molecule has 0 aromatic carbocycles. The van der Waals surface area contributed by atoms with Gasteiger partial charge in [0.2, 0.25) is 5.25 Å². The summed E-state index contributed by atoms with van der Waals surface area (Å²) in [7, 11) is 0.0559. The average molecular weight is 177 g/mol. The molecular formula is C7H13O3S+. The maximum atomic E-state index is 10.6. The van der Waals surface area contributed by atoms with Gasteiger partial charge in [0.25, 0.3) is 0 Å². The lowest BCUT2D eigenvalue weighted by molar-refractivity contribution is -0.136. The van der Waals surface area contributed by atoms with E-state index < -0.39 is 5.97 Å². The van der Waals surface area contributed by atoms with Crippen LogP contribution in [0.2, 0.25) is 0 Å². The largest absolute Gasteiger partial charge is 0.478 e. The van der Waals surface area contributed by atoms with Crippen molar-refractivity contribution in [1.82, 2.24) is 0 Å². The van der Waals surface area contributed by atoms with Crippen LogP contribution >= 0.6 is 0 Å². The predicted molar refractivity (Wildman–Crippen MR) is 45.0 cm³/mol. The van der Waals surface area contributed by atoms with Crippen molar-refractivity contribution in [3.8, 4) is 0 Å². The molecule has 1 rings (SSSR count). The Bertz CT molecular complexity index is 143. The quantitative estimate of drug-likeness (QED) is 0.609. The SMILES string of the molecule is CC(C(=O)O)[S+]1CCOCC1. The van der Waals surface area contributed by atoms with E-state index in [0.717, 1.165) is 24.7 Å². The lowest BCUT2D eigenvalue weighted by atomic mass is 10.5. The molecule has 0 spiro atoms. The standard InChI is InChI=1S/C7H12O3S/c1-6(7(8)9)11-4-2-10-3-5-11/h6H,2-5H2,1H3/p+1. The molecule has 4 heteroatoms. The lowest BCUT2D eigenvalue weighted by Gasteiger charge is -2.16. The first-order valence-electron chi connectivity index (χ1n) is 3.68. The number of ether oxygens (including phenoxy) is 1. The Morgan fingerprint density at radius 1 is 1.55 bits per heavy atom. The van der Waals surface area contributed by atoms with E-state index in [1.165, 1.54) is 0 Å². The second-order valence-corrected chi connectivity index (χ2v) is 5.14.